The van der Waals surface area contributed by atoms with Crippen molar-refractivity contribution in [2.24, 2.45) is 5.92 Å². The van der Waals surface area contributed by atoms with Gasteiger partial charge in [-0.25, -0.2) is 0 Å². The Hall–Kier alpha value is -2.73. The summed E-state index contributed by atoms with van der Waals surface area (Å²) in [4.78, 5) is 32.6. The number of likely N-dealkylation sites (tertiary alicyclic amines) is 1. The van der Waals surface area contributed by atoms with Gasteiger partial charge in [-0.3, -0.25) is 14.6 Å². The molecule has 1 saturated heterocycles. The van der Waals surface area contributed by atoms with Crippen molar-refractivity contribution in [3.8, 4) is 10.4 Å². The SMILES string of the molecule is O=C(c1ccncc1)N1C[C@@H]2C[C@@H](C1)c1c(-c3cccs3)ccc(=O)n1C2. The molecular formula is C21H19N3O2S. The van der Waals surface area contributed by atoms with E-state index in [1.54, 1.807) is 41.9 Å². The third kappa shape index (κ3) is 2.80. The minimum Gasteiger partial charge on any atom is -0.338 e. The van der Waals surface area contributed by atoms with Crippen LogP contribution in [0.5, 0.6) is 0 Å². The molecule has 0 aromatic carbocycles. The second-order valence-electron chi connectivity index (χ2n) is 7.30. The lowest BCUT2D eigenvalue weighted by Crippen LogP contribution is -2.49. The molecule has 3 aromatic heterocycles. The van der Waals surface area contributed by atoms with Crippen molar-refractivity contribution in [2.75, 3.05) is 13.1 Å². The molecule has 0 saturated carbocycles. The molecule has 5 nitrogen and oxygen atoms in total. The highest BCUT2D eigenvalue weighted by Gasteiger charge is 2.38. The Kier molecular flexibility index (Phi) is 3.93. The van der Waals surface area contributed by atoms with Crippen LogP contribution in [0.2, 0.25) is 0 Å². The van der Waals surface area contributed by atoms with E-state index in [1.807, 2.05) is 21.6 Å². The van der Waals surface area contributed by atoms with Crippen LogP contribution in [0.15, 0.2) is 59.0 Å². The molecule has 2 aliphatic rings. The van der Waals surface area contributed by atoms with Crippen LogP contribution in [0.1, 0.15) is 28.4 Å². The standard InChI is InChI=1S/C21H19N3O2S/c25-19-4-3-17(18-2-1-9-27-18)20-16-10-14(12-24(19)20)11-23(13-16)21(26)15-5-7-22-8-6-15/h1-9,14,16H,10-13H2/t14-,16-/m0/s1. The first-order valence-corrected chi connectivity index (χ1v) is 10.1. The second-order valence-corrected chi connectivity index (χ2v) is 8.25. The van der Waals surface area contributed by atoms with Crippen LogP contribution >= 0.6 is 11.3 Å². The van der Waals surface area contributed by atoms with Gasteiger partial charge in [-0.2, -0.15) is 0 Å². The molecule has 2 bridgehead atoms. The molecule has 5 rings (SSSR count). The molecule has 3 aromatic rings. The van der Waals surface area contributed by atoms with Crippen molar-refractivity contribution >= 4 is 17.2 Å². The van der Waals surface area contributed by atoms with Crippen molar-refractivity contribution in [2.45, 2.75) is 18.9 Å². The van der Waals surface area contributed by atoms with E-state index in [9.17, 15) is 9.59 Å². The predicted molar refractivity (Wildman–Crippen MR) is 105 cm³/mol. The summed E-state index contributed by atoms with van der Waals surface area (Å²) in [5.74, 6) is 0.559. The molecule has 0 N–H and O–H groups in total. The van der Waals surface area contributed by atoms with Crippen molar-refractivity contribution in [3.63, 3.8) is 0 Å². The Morgan fingerprint density at radius 3 is 2.70 bits per heavy atom. The molecule has 0 unspecified atom stereocenters. The molecule has 2 aliphatic heterocycles. The van der Waals surface area contributed by atoms with Gasteiger partial charge in [-0.1, -0.05) is 6.07 Å². The van der Waals surface area contributed by atoms with E-state index in [4.69, 9.17) is 0 Å². The maximum absolute atomic E-state index is 13.0. The fourth-order valence-electron chi connectivity index (χ4n) is 4.50. The molecule has 1 amide bonds. The average Bonchev–Trinajstić information content (AvgIpc) is 3.23. The van der Waals surface area contributed by atoms with Gasteiger partial charge in [0.25, 0.3) is 11.5 Å². The Labute approximate surface area is 160 Å². The van der Waals surface area contributed by atoms with E-state index in [0.29, 0.717) is 31.1 Å². The molecule has 0 spiro atoms. The summed E-state index contributed by atoms with van der Waals surface area (Å²) in [5.41, 5.74) is 2.96. The number of fused-ring (bicyclic) bond motifs is 4. The largest absolute Gasteiger partial charge is 0.338 e. The summed E-state index contributed by atoms with van der Waals surface area (Å²) < 4.78 is 1.95. The summed E-state index contributed by atoms with van der Waals surface area (Å²) in [6.45, 7) is 2.04. The van der Waals surface area contributed by atoms with Crippen molar-refractivity contribution < 1.29 is 4.79 Å². The van der Waals surface area contributed by atoms with Crippen molar-refractivity contribution in [1.29, 1.82) is 0 Å². The average molecular weight is 377 g/mol. The first-order chi connectivity index (χ1) is 13.2. The summed E-state index contributed by atoms with van der Waals surface area (Å²) in [6, 6.07) is 11.3. The van der Waals surface area contributed by atoms with E-state index in [0.717, 1.165) is 17.7 Å². The number of thiophene rings is 1. The number of carbonyl (C=O) groups excluding carboxylic acids is 1. The Morgan fingerprint density at radius 2 is 1.93 bits per heavy atom. The topological polar surface area (TPSA) is 55.2 Å². The summed E-state index contributed by atoms with van der Waals surface area (Å²) in [6.07, 6.45) is 4.34. The predicted octanol–water partition coefficient (Wildman–Crippen LogP) is 3.23. The zero-order chi connectivity index (χ0) is 18.4. The zero-order valence-electron chi connectivity index (χ0n) is 14.7. The molecule has 0 aliphatic carbocycles. The van der Waals surface area contributed by atoms with Crippen LogP contribution in [0, 0.1) is 5.92 Å². The van der Waals surface area contributed by atoms with Crippen LogP contribution in [0.25, 0.3) is 10.4 Å². The Bertz CT molecular complexity index is 1040. The maximum atomic E-state index is 13.0. The number of hydrogen-bond donors (Lipinski definition) is 0. The Morgan fingerprint density at radius 1 is 1.07 bits per heavy atom. The number of hydrogen-bond acceptors (Lipinski definition) is 4. The van der Waals surface area contributed by atoms with Crippen LogP contribution in [0.3, 0.4) is 0 Å². The highest BCUT2D eigenvalue weighted by molar-refractivity contribution is 7.13. The Balaban J connectivity index is 1.54. The van der Waals surface area contributed by atoms with Crippen molar-refractivity contribution in [1.82, 2.24) is 14.5 Å². The van der Waals surface area contributed by atoms with Crippen LogP contribution in [0.4, 0.5) is 0 Å². The fourth-order valence-corrected chi connectivity index (χ4v) is 5.26. The number of piperidine rings is 1. The zero-order valence-corrected chi connectivity index (χ0v) is 15.6. The molecule has 27 heavy (non-hydrogen) atoms. The summed E-state index contributed by atoms with van der Waals surface area (Å²) in [7, 11) is 0. The van der Waals surface area contributed by atoms with Crippen molar-refractivity contribution in [3.05, 3.63) is 75.8 Å². The fraction of sp³-hybridized carbons (Fsp3) is 0.286. The van der Waals surface area contributed by atoms with Gasteiger partial charge in [-0.05, 0) is 42.0 Å². The number of amides is 1. The molecule has 136 valence electrons. The van der Waals surface area contributed by atoms with E-state index in [2.05, 4.69) is 16.4 Å². The number of pyridine rings is 2. The molecule has 6 heteroatoms. The van der Waals surface area contributed by atoms with Gasteiger partial charge < -0.3 is 9.47 Å². The number of rotatable bonds is 2. The molecule has 5 heterocycles. The first-order valence-electron chi connectivity index (χ1n) is 9.17. The van der Waals surface area contributed by atoms with Gasteiger partial charge in [-0.15, -0.1) is 11.3 Å². The van der Waals surface area contributed by atoms with Gasteiger partial charge in [0.15, 0.2) is 0 Å². The molecule has 1 fully saturated rings. The molecule has 0 radical (unpaired) electrons. The third-order valence-corrected chi connectivity index (χ3v) is 6.49. The highest BCUT2D eigenvalue weighted by Crippen LogP contribution is 2.41. The van der Waals surface area contributed by atoms with E-state index in [1.165, 1.54) is 4.88 Å². The van der Waals surface area contributed by atoms with Gasteiger partial charge in [0.2, 0.25) is 0 Å². The quantitative estimate of drug-likeness (QED) is 0.689. The minimum atomic E-state index is 0.0523. The highest BCUT2D eigenvalue weighted by atomic mass is 32.1. The summed E-state index contributed by atoms with van der Waals surface area (Å²) >= 11 is 1.69. The van der Waals surface area contributed by atoms with E-state index < -0.39 is 0 Å². The third-order valence-electron chi connectivity index (χ3n) is 5.59. The van der Waals surface area contributed by atoms with Gasteiger partial charge in [0.05, 0.1) is 0 Å². The van der Waals surface area contributed by atoms with Gasteiger partial charge in [0, 0.05) is 65.7 Å². The monoisotopic (exact) mass is 377 g/mol. The lowest BCUT2D eigenvalue weighted by Gasteiger charge is -2.43. The maximum Gasteiger partial charge on any atom is 0.253 e. The van der Waals surface area contributed by atoms with Crippen LogP contribution < -0.4 is 5.56 Å². The van der Waals surface area contributed by atoms with Gasteiger partial charge in [0.1, 0.15) is 0 Å². The number of carbonyl (C=O) groups is 1. The molecular weight excluding hydrogens is 358 g/mol. The number of aromatic nitrogens is 2. The van der Waals surface area contributed by atoms with Crippen LogP contribution in [-0.2, 0) is 6.54 Å². The lowest BCUT2D eigenvalue weighted by molar-refractivity contribution is 0.0595. The van der Waals surface area contributed by atoms with E-state index >= 15 is 0 Å². The smallest absolute Gasteiger partial charge is 0.253 e. The van der Waals surface area contributed by atoms with Gasteiger partial charge >= 0.3 is 0 Å². The first kappa shape index (κ1) is 16.4. The normalized spacial score (nSPS) is 21.0. The van der Waals surface area contributed by atoms with Crippen LogP contribution in [-0.4, -0.2) is 33.4 Å². The number of nitrogens with zero attached hydrogens (tertiary/aromatic N) is 3. The van der Waals surface area contributed by atoms with E-state index in [-0.39, 0.29) is 17.4 Å². The minimum absolute atomic E-state index is 0.0523. The lowest BCUT2D eigenvalue weighted by atomic mass is 9.81. The second kappa shape index (κ2) is 6.46. The summed E-state index contributed by atoms with van der Waals surface area (Å²) in [5, 5.41) is 2.06. The molecule has 2 atom stereocenters.